The second-order valence-corrected chi connectivity index (χ2v) is 11.9. The van der Waals surface area contributed by atoms with E-state index >= 15 is 0 Å². The van der Waals surface area contributed by atoms with Gasteiger partial charge in [-0.2, -0.15) is 0 Å². The molecule has 0 saturated carbocycles. The normalized spacial score (nSPS) is 14.6. The summed E-state index contributed by atoms with van der Waals surface area (Å²) in [6.07, 6.45) is -0.333. The van der Waals surface area contributed by atoms with E-state index in [1.807, 2.05) is 42.5 Å². The Hall–Kier alpha value is -6.26. The summed E-state index contributed by atoms with van der Waals surface area (Å²) in [7, 11) is 0. The lowest BCUT2D eigenvalue weighted by Gasteiger charge is -2.24. The fourth-order valence-corrected chi connectivity index (χ4v) is 6.55. The van der Waals surface area contributed by atoms with E-state index in [1.165, 1.54) is 21.9 Å². The Morgan fingerprint density at radius 1 is 0.489 bits per heavy atom. The number of rotatable bonds is 5. The van der Waals surface area contributed by atoms with Gasteiger partial charge in [-0.05, 0) is 68.9 Å². The number of amidine groups is 2. The van der Waals surface area contributed by atoms with E-state index in [9.17, 15) is 0 Å². The zero-order chi connectivity index (χ0) is 31.2. The molecule has 9 rings (SSSR count). The van der Waals surface area contributed by atoms with Crippen LogP contribution in [-0.4, -0.2) is 11.7 Å². The van der Waals surface area contributed by atoms with Crippen LogP contribution >= 0.6 is 0 Å². The van der Waals surface area contributed by atoms with Crippen LogP contribution in [0.3, 0.4) is 0 Å². The first kappa shape index (κ1) is 27.1. The molecule has 0 amide bonds. The summed E-state index contributed by atoms with van der Waals surface area (Å²) in [5, 5.41) is 8.15. The van der Waals surface area contributed by atoms with Crippen molar-refractivity contribution in [3.05, 3.63) is 180 Å². The highest BCUT2D eigenvalue weighted by Crippen LogP contribution is 2.36. The molecule has 0 radical (unpaired) electrons. The Morgan fingerprint density at radius 3 is 1.89 bits per heavy atom. The first-order valence-electron chi connectivity index (χ1n) is 15.9. The predicted octanol–water partition coefficient (Wildman–Crippen LogP) is 10.6. The summed E-state index contributed by atoms with van der Waals surface area (Å²) in [6.45, 7) is 0. The van der Waals surface area contributed by atoms with Gasteiger partial charge in [-0.25, -0.2) is 9.98 Å². The second-order valence-electron chi connectivity index (χ2n) is 11.9. The maximum atomic E-state index is 6.45. The minimum Gasteiger partial charge on any atom is -0.456 e. The van der Waals surface area contributed by atoms with Crippen molar-refractivity contribution >= 4 is 44.4 Å². The highest BCUT2D eigenvalue weighted by atomic mass is 16.3. The second kappa shape index (κ2) is 11.3. The van der Waals surface area contributed by atoms with E-state index in [1.54, 1.807) is 0 Å². The van der Waals surface area contributed by atoms with Gasteiger partial charge in [0.2, 0.25) is 0 Å². The number of aliphatic imine (C=N–C) groups is 2. The van der Waals surface area contributed by atoms with Gasteiger partial charge in [0.1, 0.15) is 23.2 Å². The molecule has 4 heteroatoms. The maximum absolute atomic E-state index is 6.45. The number of nitrogens with zero attached hydrogens (tertiary/aromatic N) is 2. The molecule has 2 heterocycles. The first-order chi connectivity index (χ1) is 23.3. The Morgan fingerprint density at radius 2 is 1.15 bits per heavy atom. The molecule has 1 unspecified atom stereocenters. The monoisotopic (exact) mass is 603 g/mol. The van der Waals surface area contributed by atoms with Crippen molar-refractivity contribution in [1.82, 2.24) is 5.32 Å². The van der Waals surface area contributed by atoms with Crippen LogP contribution in [0.2, 0.25) is 0 Å². The third-order valence-electron chi connectivity index (χ3n) is 8.92. The van der Waals surface area contributed by atoms with E-state index in [4.69, 9.17) is 14.4 Å². The molecule has 0 fully saturated rings. The Bertz CT molecular complexity index is 2480. The number of benzene rings is 7. The van der Waals surface area contributed by atoms with Gasteiger partial charge in [0, 0.05) is 21.9 Å². The summed E-state index contributed by atoms with van der Waals surface area (Å²) in [6, 6.07) is 56.9. The molecule has 0 saturated heterocycles. The fraction of sp³-hybridized carbons (Fsp3) is 0.0233. The molecule has 1 N–H and O–H groups in total. The molecule has 222 valence electrons. The van der Waals surface area contributed by atoms with Gasteiger partial charge in [-0.15, -0.1) is 0 Å². The lowest BCUT2D eigenvalue weighted by Crippen LogP contribution is -2.33. The highest BCUT2D eigenvalue weighted by Gasteiger charge is 2.24. The minimum absolute atomic E-state index is 0.333. The molecule has 47 heavy (non-hydrogen) atoms. The number of nitrogens with one attached hydrogen (secondary N) is 1. The van der Waals surface area contributed by atoms with Crippen LogP contribution in [0.1, 0.15) is 22.9 Å². The van der Waals surface area contributed by atoms with E-state index in [-0.39, 0.29) is 6.17 Å². The van der Waals surface area contributed by atoms with Gasteiger partial charge in [-0.3, -0.25) is 0 Å². The molecule has 1 aromatic heterocycles. The third kappa shape index (κ3) is 4.97. The largest absolute Gasteiger partial charge is 0.456 e. The minimum atomic E-state index is -0.333. The lowest BCUT2D eigenvalue weighted by atomic mass is 9.98. The summed E-state index contributed by atoms with van der Waals surface area (Å²) in [4.78, 5) is 10.3. The van der Waals surface area contributed by atoms with E-state index in [0.29, 0.717) is 5.84 Å². The van der Waals surface area contributed by atoms with Crippen molar-refractivity contribution in [1.29, 1.82) is 0 Å². The summed E-state index contributed by atoms with van der Waals surface area (Å²) in [5.41, 5.74) is 9.37. The number of hydrogen-bond donors (Lipinski definition) is 1. The molecule has 1 aliphatic heterocycles. The topological polar surface area (TPSA) is 49.9 Å². The van der Waals surface area contributed by atoms with Crippen molar-refractivity contribution in [3.63, 3.8) is 0 Å². The van der Waals surface area contributed by atoms with Crippen LogP contribution in [0.25, 0.3) is 55.0 Å². The van der Waals surface area contributed by atoms with Crippen molar-refractivity contribution in [2.45, 2.75) is 6.17 Å². The van der Waals surface area contributed by atoms with Crippen LogP contribution in [0.5, 0.6) is 0 Å². The van der Waals surface area contributed by atoms with Gasteiger partial charge in [0.05, 0.1) is 0 Å². The van der Waals surface area contributed by atoms with Crippen LogP contribution in [-0.2, 0) is 0 Å². The van der Waals surface area contributed by atoms with E-state index in [0.717, 1.165) is 55.6 Å². The maximum Gasteiger partial charge on any atom is 0.159 e. The standard InChI is InChI=1S/C43H29N3O/c1-4-11-28(12-5-1)32-21-19-30-20-22-34(26-35(30)25-32)42-44-41(31-15-8-3-9-16-31)45-43(46-42)37-17-10-18-38-40(37)36-24-23-33(27-39(36)47-38)29-13-6-2-7-14-29/h1-27,42H,(H,44,45,46). The molecule has 8 aromatic rings. The Kier molecular flexibility index (Phi) is 6.50. The lowest BCUT2D eigenvalue weighted by molar-refractivity contribution is 0.668. The molecule has 0 bridgehead atoms. The molecule has 0 spiro atoms. The van der Waals surface area contributed by atoms with Crippen LogP contribution in [0.15, 0.2) is 178 Å². The summed E-state index contributed by atoms with van der Waals surface area (Å²) >= 11 is 0. The van der Waals surface area contributed by atoms with Gasteiger partial charge >= 0.3 is 0 Å². The Labute approximate surface area is 272 Å². The zero-order valence-corrected chi connectivity index (χ0v) is 25.5. The molecule has 7 aromatic carbocycles. The molecule has 1 atom stereocenters. The molecule has 0 aliphatic carbocycles. The van der Waals surface area contributed by atoms with Gasteiger partial charge in [0.15, 0.2) is 5.84 Å². The average Bonchev–Trinajstić information content (AvgIpc) is 3.53. The number of fused-ring (bicyclic) bond motifs is 4. The van der Waals surface area contributed by atoms with E-state index in [2.05, 4.69) is 127 Å². The Balaban J connectivity index is 1.16. The smallest absolute Gasteiger partial charge is 0.159 e. The number of furan rings is 1. The van der Waals surface area contributed by atoms with Crippen LogP contribution in [0, 0.1) is 0 Å². The zero-order valence-electron chi connectivity index (χ0n) is 25.5. The highest BCUT2D eigenvalue weighted by molar-refractivity contribution is 6.22. The van der Waals surface area contributed by atoms with Crippen LogP contribution in [0.4, 0.5) is 0 Å². The van der Waals surface area contributed by atoms with Crippen molar-refractivity contribution in [2.24, 2.45) is 9.98 Å². The number of hydrogen-bond acceptors (Lipinski definition) is 4. The van der Waals surface area contributed by atoms with Crippen LogP contribution < -0.4 is 5.32 Å². The molecular formula is C43H29N3O. The predicted molar refractivity (Wildman–Crippen MR) is 194 cm³/mol. The average molecular weight is 604 g/mol. The third-order valence-corrected chi connectivity index (χ3v) is 8.92. The van der Waals surface area contributed by atoms with Crippen molar-refractivity contribution in [3.8, 4) is 22.3 Å². The first-order valence-corrected chi connectivity index (χ1v) is 15.9. The molecule has 1 aliphatic rings. The fourth-order valence-electron chi connectivity index (χ4n) is 6.55. The van der Waals surface area contributed by atoms with Gasteiger partial charge in [0.25, 0.3) is 0 Å². The van der Waals surface area contributed by atoms with Crippen molar-refractivity contribution in [2.75, 3.05) is 0 Å². The van der Waals surface area contributed by atoms with Gasteiger partial charge in [-0.1, -0.05) is 133 Å². The summed E-state index contributed by atoms with van der Waals surface area (Å²) in [5.74, 6) is 1.46. The molecule has 4 nitrogen and oxygen atoms in total. The summed E-state index contributed by atoms with van der Waals surface area (Å²) < 4.78 is 6.45. The van der Waals surface area contributed by atoms with Crippen molar-refractivity contribution < 1.29 is 4.42 Å². The van der Waals surface area contributed by atoms with Gasteiger partial charge < -0.3 is 9.73 Å². The SMILES string of the molecule is c1ccc(C2=NC(c3ccc4ccc(-c5ccccc5)cc4c3)NC(c3cccc4oc5cc(-c6ccccc6)ccc5c34)=N2)cc1. The quantitative estimate of drug-likeness (QED) is 0.213. The molecular weight excluding hydrogens is 574 g/mol. The van der Waals surface area contributed by atoms with E-state index < -0.39 is 0 Å².